The molecule has 2 rings (SSSR count). The van der Waals surface area contributed by atoms with E-state index in [0.717, 1.165) is 19.7 Å². The van der Waals surface area contributed by atoms with Gasteiger partial charge in [-0.3, -0.25) is 4.90 Å². The Bertz CT molecular complexity index is 381. The number of aromatic nitrogens is 3. The number of anilines is 1. The van der Waals surface area contributed by atoms with Crippen LogP contribution >= 0.6 is 15.9 Å². The zero-order valence-electron chi connectivity index (χ0n) is 10.1. The van der Waals surface area contributed by atoms with Gasteiger partial charge in [-0.1, -0.05) is 0 Å². The summed E-state index contributed by atoms with van der Waals surface area (Å²) in [6, 6.07) is 0.547. The van der Waals surface area contributed by atoms with Gasteiger partial charge < -0.3 is 10.5 Å². The number of ether oxygens (including phenoxy) is 1. The van der Waals surface area contributed by atoms with Crippen LogP contribution in [0.3, 0.4) is 0 Å². The molecule has 1 saturated heterocycles. The number of nitrogens with two attached hydrogens (primary N) is 1. The number of morpholine rings is 1. The van der Waals surface area contributed by atoms with E-state index in [1.54, 1.807) is 4.68 Å². The molecule has 0 amide bonds. The van der Waals surface area contributed by atoms with E-state index in [1.165, 1.54) is 0 Å². The SMILES string of the molecule is CC(C)N1CCOC(Cn2nc(N)nc2Br)C1. The molecule has 17 heavy (non-hydrogen) atoms. The summed E-state index contributed by atoms with van der Waals surface area (Å²) in [4.78, 5) is 6.41. The summed E-state index contributed by atoms with van der Waals surface area (Å²) in [6.07, 6.45) is 0.142. The molecule has 1 aromatic heterocycles. The number of nitrogens with zero attached hydrogens (tertiary/aromatic N) is 4. The fourth-order valence-electron chi connectivity index (χ4n) is 1.97. The van der Waals surface area contributed by atoms with Gasteiger partial charge in [0.15, 0.2) is 4.73 Å². The highest BCUT2D eigenvalue weighted by Gasteiger charge is 2.23. The van der Waals surface area contributed by atoms with E-state index in [4.69, 9.17) is 10.5 Å². The summed E-state index contributed by atoms with van der Waals surface area (Å²) in [5.74, 6) is 0.286. The lowest BCUT2D eigenvalue weighted by molar-refractivity contribution is -0.0472. The standard InChI is InChI=1S/C10H18BrN5O/c1-7(2)15-3-4-17-8(5-15)6-16-9(11)13-10(12)14-16/h7-8H,3-6H2,1-2H3,(H2,12,14). The maximum atomic E-state index is 5.73. The third kappa shape index (κ3) is 3.17. The highest BCUT2D eigenvalue weighted by atomic mass is 79.9. The molecule has 1 aromatic rings. The Morgan fingerprint density at radius 2 is 2.35 bits per heavy atom. The Labute approximate surface area is 109 Å². The number of hydrogen-bond donors (Lipinski definition) is 1. The Hall–Kier alpha value is -0.660. The Kier molecular flexibility index (Phi) is 4.01. The van der Waals surface area contributed by atoms with Crippen LogP contribution in [-0.2, 0) is 11.3 Å². The minimum atomic E-state index is 0.142. The van der Waals surface area contributed by atoms with E-state index >= 15 is 0 Å². The van der Waals surface area contributed by atoms with Crippen molar-refractivity contribution in [1.82, 2.24) is 19.7 Å². The zero-order chi connectivity index (χ0) is 12.4. The fourth-order valence-corrected chi connectivity index (χ4v) is 2.38. The first-order valence-electron chi connectivity index (χ1n) is 5.77. The summed E-state index contributed by atoms with van der Waals surface area (Å²) in [5.41, 5.74) is 5.54. The van der Waals surface area contributed by atoms with E-state index in [2.05, 4.69) is 44.8 Å². The third-order valence-electron chi connectivity index (χ3n) is 2.92. The number of hydrogen-bond acceptors (Lipinski definition) is 5. The van der Waals surface area contributed by atoms with Crippen LogP contribution in [0.4, 0.5) is 5.95 Å². The highest BCUT2D eigenvalue weighted by molar-refractivity contribution is 9.10. The van der Waals surface area contributed by atoms with Crippen molar-refractivity contribution in [3.8, 4) is 0 Å². The quantitative estimate of drug-likeness (QED) is 0.891. The Morgan fingerprint density at radius 1 is 1.59 bits per heavy atom. The highest BCUT2D eigenvalue weighted by Crippen LogP contribution is 2.14. The molecule has 0 spiro atoms. The summed E-state index contributed by atoms with van der Waals surface area (Å²) in [6.45, 7) is 7.76. The van der Waals surface area contributed by atoms with Gasteiger partial charge in [0, 0.05) is 19.1 Å². The topological polar surface area (TPSA) is 69.2 Å². The van der Waals surface area contributed by atoms with Crippen LogP contribution in [0.25, 0.3) is 0 Å². The van der Waals surface area contributed by atoms with Crippen molar-refractivity contribution in [3.05, 3.63) is 4.73 Å². The summed E-state index contributed by atoms with van der Waals surface area (Å²) >= 11 is 3.33. The number of nitrogen functional groups attached to an aromatic ring is 1. The van der Waals surface area contributed by atoms with Gasteiger partial charge in [0.2, 0.25) is 5.95 Å². The molecule has 2 heterocycles. The van der Waals surface area contributed by atoms with Crippen LogP contribution in [-0.4, -0.2) is 51.5 Å². The second kappa shape index (κ2) is 5.32. The minimum absolute atomic E-state index is 0.142. The molecule has 1 atom stereocenters. The van der Waals surface area contributed by atoms with Crippen LogP contribution in [0, 0.1) is 0 Å². The second-order valence-corrected chi connectivity index (χ2v) is 5.21. The molecule has 0 aliphatic carbocycles. The van der Waals surface area contributed by atoms with Crippen molar-refractivity contribution in [2.75, 3.05) is 25.4 Å². The predicted molar refractivity (Wildman–Crippen MR) is 68.6 cm³/mol. The van der Waals surface area contributed by atoms with Crippen LogP contribution < -0.4 is 5.73 Å². The number of halogens is 1. The first-order valence-corrected chi connectivity index (χ1v) is 6.57. The second-order valence-electron chi connectivity index (χ2n) is 4.50. The van der Waals surface area contributed by atoms with Crippen molar-refractivity contribution >= 4 is 21.9 Å². The summed E-state index contributed by atoms with van der Waals surface area (Å²) in [7, 11) is 0. The van der Waals surface area contributed by atoms with Gasteiger partial charge in [0.05, 0.1) is 19.3 Å². The maximum absolute atomic E-state index is 5.73. The predicted octanol–water partition coefficient (Wildman–Crippen LogP) is 0.732. The van der Waals surface area contributed by atoms with E-state index in [1.807, 2.05) is 0 Å². The van der Waals surface area contributed by atoms with Crippen LogP contribution in [0.1, 0.15) is 13.8 Å². The van der Waals surface area contributed by atoms with Crippen LogP contribution in [0.15, 0.2) is 4.73 Å². The lowest BCUT2D eigenvalue weighted by Gasteiger charge is -2.35. The molecule has 6 nitrogen and oxygen atoms in total. The third-order valence-corrected chi connectivity index (χ3v) is 3.51. The molecular formula is C10H18BrN5O. The molecule has 0 aromatic carbocycles. The normalized spacial score (nSPS) is 22.2. The van der Waals surface area contributed by atoms with Gasteiger partial charge in [-0.25, -0.2) is 4.68 Å². The summed E-state index contributed by atoms with van der Waals surface area (Å²) < 4.78 is 8.13. The first kappa shape index (κ1) is 12.8. The minimum Gasteiger partial charge on any atom is -0.374 e. The molecule has 1 aliphatic rings. The van der Waals surface area contributed by atoms with E-state index < -0.39 is 0 Å². The molecule has 0 radical (unpaired) electrons. The fraction of sp³-hybridized carbons (Fsp3) is 0.800. The van der Waals surface area contributed by atoms with E-state index in [0.29, 0.717) is 17.3 Å². The first-order chi connectivity index (χ1) is 8.06. The van der Waals surface area contributed by atoms with Gasteiger partial charge in [-0.15, -0.1) is 5.10 Å². The van der Waals surface area contributed by atoms with E-state index in [-0.39, 0.29) is 12.1 Å². The molecule has 1 fully saturated rings. The van der Waals surface area contributed by atoms with Gasteiger partial charge in [-0.2, -0.15) is 4.98 Å². The van der Waals surface area contributed by atoms with Gasteiger partial charge >= 0.3 is 0 Å². The van der Waals surface area contributed by atoms with Crippen molar-refractivity contribution in [2.45, 2.75) is 32.5 Å². The molecule has 2 N–H and O–H groups in total. The maximum Gasteiger partial charge on any atom is 0.240 e. The molecule has 96 valence electrons. The molecule has 7 heteroatoms. The van der Waals surface area contributed by atoms with Gasteiger partial charge in [0.25, 0.3) is 0 Å². The van der Waals surface area contributed by atoms with Gasteiger partial charge in [0.1, 0.15) is 0 Å². The van der Waals surface area contributed by atoms with Crippen LogP contribution in [0.2, 0.25) is 0 Å². The average molecular weight is 304 g/mol. The van der Waals surface area contributed by atoms with Crippen molar-refractivity contribution in [2.24, 2.45) is 0 Å². The molecular weight excluding hydrogens is 286 g/mol. The van der Waals surface area contributed by atoms with Crippen molar-refractivity contribution < 1.29 is 4.74 Å². The van der Waals surface area contributed by atoms with Gasteiger partial charge in [-0.05, 0) is 29.8 Å². The lowest BCUT2D eigenvalue weighted by Crippen LogP contribution is -2.47. The molecule has 1 aliphatic heterocycles. The van der Waals surface area contributed by atoms with Crippen molar-refractivity contribution in [3.63, 3.8) is 0 Å². The van der Waals surface area contributed by atoms with Crippen molar-refractivity contribution in [1.29, 1.82) is 0 Å². The van der Waals surface area contributed by atoms with E-state index in [9.17, 15) is 0 Å². The summed E-state index contributed by atoms with van der Waals surface area (Å²) in [5, 5.41) is 4.11. The monoisotopic (exact) mass is 303 g/mol. The lowest BCUT2D eigenvalue weighted by atomic mass is 10.2. The average Bonchev–Trinajstić information content (AvgIpc) is 2.58. The molecule has 0 saturated carbocycles. The molecule has 0 bridgehead atoms. The molecule has 1 unspecified atom stereocenters. The Balaban J connectivity index is 1.97. The van der Waals surface area contributed by atoms with Crippen LogP contribution in [0.5, 0.6) is 0 Å². The number of rotatable bonds is 3. The largest absolute Gasteiger partial charge is 0.374 e. The Morgan fingerprint density at radius 3 is 2.94 bits per heavy atom. The zero-order valence-corrected chi connectivity index (χ0v) is 11.7. The smallest absolute Gasteiger partial charge is 0.240 e.